The highest BCUT2D eigenvalue weighted by Crippen LogP contribution is 2.59. The van der Waals surface area contributed by atoms with Crippen LogP contribution in [0.4, 0.5) is 0 Å². The Hall–Kier alpha value is -0.650. The maximum Gasteiger partial charge on any atom is 0.311 e. The molecule has 4 aliphatic heterocycles. The Morgan fingerprint density at radius 1 is 1.20 bits per heavy atom. The van der Waals surface area contributed by atoms with Crippen molar-refractivity contribution in [3.63, 3.8) is 0 Å². The van der Waals surface area contributed by atoms with Gasteiger partial charge < -0.3 is 9.47 Å². The molecule has 2 bridgehead atoms. The molecule has 0 aromatic heterocycles. The Labute approximate surface area is 123 Å². The fourth-order valence-corrected chi connectivity index (χ4v) is 4.62. The Kier molecular flexibility index (Phi) is 2.01. The third kappa shape index (κ3) is 1.46. The molecule has 5 nitrogen and oxygen atoms in total. The number of esters is 1. The summed E-state index contributed by atoms with van der Waals surface area (Å²) in [4.78, 5) is 23.5. The van der Waals surface area contributed by atoms with Crippen LogP contribution in [0.5, 0.6) is 0 Å². The molecule has 0 aromatic carbocycles. The van der Waals surface area contributed by atoms with Gasteiger partial charge in [-0.1, -0.05) is 13.8 Å². The summed E-state index contributed by atoms with van der Waals surface area (Å²) in [7, 11) is 0. The smallest absolute Gasteiger partial charge is 0.311 e. The quantitative estimate of drug-likeness (QED) is 0.505. The van der Waals surface area contributed by atoms with Gasteiger partial charge in [0.15, 0.2) is 5.60 Å². The summed E-state index contributed by atoms with van der Waals surface area (Å²) < 4.78 is 34.7. The van der Waals surface area contributed by atoms with Gasteiger partial charge in [-0.25, -0.2) is 9.78 Å². The van der Waals surface area contributed by atoms with Crippen molar-refractivity contribution in [2.45, 2.75) is 64.1 Å². The molecular weight excluding hydrogens is 260 g/mol. The standard InChI is InChI=1S/C15H22O5/c1-8-4-5-11-9(2)12(16)17-13-15(11)10(8)6-7-14(3,18-13)19-20-15/h8-11,13H,4-7H2,1-3H3/t8-,9-,10+,11+,13-,14-,15-/m1/s1/i3D3. The maximum absolute atomic E-state index is 12.2. The zero-order valence-electron chi connectivity index (χ0n) is 14.8. The van der Waals surface area contributed by atoms with Crippen LogP contribution < -0.4 is 0 Å². The molecule has 5 heteroatoms. The average Bonchev–Trinajstić information content (AvgIpc) is 2.73. The lowest BCUT2D eigenvalue weighted by Crippen LogP contribution is -2.69. The number of hydrogen-bond donors (Lipinski definition) is 0. The Morgan fingerprint density at radius 3 is 2.85 bits per heavy atom. The highest BCUT2D eigenvalue weighted by atomic mass is 17.3. The van der Waals surface area contributed by atoms with Crippen molar-refractivity contribution in [2.75, 3.05) is 0 Å². The van der Waals surface area contributed by atoms with Crippen LogP contribution in [0.3, 0.4) is 0 Å². The molecule has 1 saturated carbocycles. The van der Waals surface area contributed by atoms with Crippen molar-refractivity contribution >= 4 is 5.97 Å². The molecule has 0 radical (unpaired) electrons. The van der Waals surface area contributed by atoms with E-state index >= 15 is 0 Å². The third-order valence-electron chi connectivity index (χ3n) is 5.75. The summed E-state index contributed by atoms with van der Waals surface area (Å²) in [5.41, 5.74) is -0.893. The molecule has 7 atom stereocenters. The maximum atomic E-state index is 12.2. The Morgan fingerprint density at radius 2 is 2.05 bits per heavy atom. The van der Waals surface area contributed by atoms with Gasteiger partial charge in [0.2, 0.25) is 12.1 Å². The van der Waals surface area contributed by atoms with E-state index < -0.39 is 24.5 Å². The SMILES string of the molecule is [2H]C([2H])([2H])[C@@]12CC[C@H]3[C@H](C)CC[C@H]4[C@@H](C)C(=O)O[C@H](O1)[C@@]34OO2. The zero-order chi connectivity index (χ0) is 16.6. The molecule has 0 unspecified atom stereocenters. The summed E-state index contributed by atoms with van der Waals surface area (Å²) in [6, 6.07) is 0. The highest BCUT2D eigenvalue weighted by Gasteiger charge is 2.69. The van der Waals surface area contributed by atoms with Crippen LogP contribution in [-0.2, 0) is 24.0 Å². The van der Waals surface area contributed by atoms with E-state index in [1.807, 2.05) is 6.92 Å². The molecule has 1 aliphatic carbocycles. The van der Waals surface area contributed by atoms with E-state index in [-0.39, 0.29) is 30.1 Å². The Balaban J connectivity index is 1.83. The highest BCUT2D eigenvalue weighted by molar-refractivity contribution is 5.74. The van der Waals surface area contributed by atoms with E-state index in [2.05, 4.69) is 6.92 Å². The lowest BCUT2D eigenvalue weighted by molar-refractivity contribution is -0.559. The summed E-state index contributed by atoms with van der Waals surface area (Å²) in [5, 5.41) is 0. The van der Waals surface area contributed by atoms with Gasteiger partial charge in [0.25, 0.3) is 0 Å². The fourth-order valence-electron chi connectivity index (χ4n) is 4.62. The summed E-state index contributed by atoms with van der Waals surface area (Å²) in [6.07, 6.45) is 1.61. The second-order valence-electron chi connectivity index (χ2n) is 6.75. The van der Waals surface area contributed by atoms with Gasteiger partial charge in [0.1, 0.15) is 0 Å². The lowest BCUT2D eigenvalue weighted by Gasteiger charge is -2.57. The predicted molar refractivity (Wildman–Crippen MR) is 68.0 cm³/mol. The fraction of sp³-hybridized carbons (Fsp3) is 0.933. The molecule has 0 amide bonds. The van der Waals surface area contributed by atoms with Crippen molar-refractivity contribution in [3.8, 4) is 0 Å². The van der Waals surface area contributed by atoms with Gasteiger partial charge in [0.05, 0.1) is 5.92 Å². The zero-order valence-corrected chi connectivity index (χ0v) is 11.8. The summed E-state index contributed by atoms with van der Waals surface area (Å²) in [5.74, 6) is -2.22. The first-order chi connectivity index (χ1) is 10.7. The average molecular weight is 285 g/mol. The lowest BCUT2D eigenvalue weighted by atomic mass is 9.58. The van der Waals surface area contributed by atoms with Crippen LogP contribution in [-0.4, -0.2) is 23.6 Å². The molecule has 20 heavy (non-hydrogen) atoms. The van der Waals surface area contributed by atoms with Crippen molar-refractivity contribution in [1.82, 2.24) is 0 Å². The molecule has 1 spiro atoms. The van der Waals surface area contributed by atoms with Crippen molar-refractivity contribution in [3.05, 3.63) is 0 Å². The number of carbonyl (C=O) groups excluding carboxylic acids is 1. The molecule has 112 valence electrons. The van der Waals surface area contributed by atoms with E-state index in [1.54, 1.807) is 0 Å². The van der Waals surface area contributed by atoms with Crippen molar-refractivity contribution in [2.24, 2.45) is 23.7 Å². The molecule has 4 heterocycles. The van der Waals surface area contributed by atoms with Gasteiger partial charge >= 0.3 is 5.97 Å². The number of fused-ring (bicyclic) bond motifs is 2. The van der Waals surface area contributed by atoms with Crippen LogP contribution in [0, 0.1) is 23.7 Å². The van der Waals surface area contributed by atoms with Crippen LogP contribution in [0.15, 0.2) is 0 Å². The molecule has 5 aliphatic rings. The molecular formula is C15H22O5. The molecule has 0 aromatic rings. The first kappa shape index (κ1) is 10.1. The number of hydrogen-bond acceptors (Lipinski definition) is 5. The summed E-state index contributed by atoms with van der Waals surface area (Å²) >= 11 is 0. The van der Waals surface area contributed by atoms with E-state index in [1.165, 1.54) is 0 Å². The minimum Gasteiger partial charge on any atom is -0.432 e. The summed E-state index contributed by atoms with van der Waals surface area (Å²) in [6.45, 7) is 1.46. The van der Waals surface area contributed by atoms with Crippen LogP contribution in [0.1, 0.15) is 50.5 Å². The Bertz CT molecular complexity index is 538. The molecule has 5 rings (SSSR count). The van der Waals surface area contributed by atoms with Gasteiger partial charge in [-0.15, -0.1) is 0 Å². The number of rotatable bonds is 0. The second-order valence-corrected chi connectivity index (χ2v) is 6.75. The minimum atomic E-state index is -2.52. The van der Waals surface area contributed by atoms with E-state index in [0.29, 0.717) is 12.3 Å². The van der Waals surface area contributed by atoms with E-state index in [9.17, 15) is 4.79 Å². The monoisotopic (exact) mass is 285 g/mol. The first-order valence-electron chi connectivity index (χ1n) is 8.96. The van der Waals surface area contributed by atoms with Gasteiger partial charge in [-0.2, -0.15) is 0 Å². The van der Waals surface area contributed by atoms with Gasteiger partial charge in [-0.05, 0) is 32.0 Å². The van der Waals surface area contributed by atoms with Crippen LogP contribution >= 0.6 is 0 Å². The van der Waals surface area contributed by atoms with E-state index in [4.69, 9.17) is 23.4 Å². The predicted octanol–water partition coefficient (Wildman–Crippen LogP) is 2.39. The second kappa shape index (κ2) is 3.96. The number of ether oxygens (including phenoxy) is 2. The van der Waals surface area contributed by atoms with Gasteiger partial charge in [-0.3, -0.25) is 4.79 Å². The van der Waals surface area contributed by atoms with E-state index in [0.717, 1.165) is 12.8 Å². The molecule has 0 N–H and O–H groups in total. The topological polar surface area (TPSA) is 54.0 Å². The van der Waals surface area contributed by atoms with Crippen LogP contribution in [0.2, 0.25) is 0 Å². The van der Waals surface area contributed by atoms with Gasteiger partial charge in [0, 0.05) is 22.4 Å². The van der Waals surface area contributed by atoms with Crippen LogP contribution in [0.25, 0.3) is 0 Å². The molecule has 4 saturated heterocycles. The first-order valence-corrected chi connectivity index (χ1v) is 7.46. The third-order valence-corrected chi connectivity index (χ3v) is 5.75. The number of carbonyl (C=O) groups is 1. The molecule has 5 fully saturated rings. The van der Waals surface area contributed by atoms with Crippen molar-refractivity contribution in [1.29, 1.82) is 0 Å². The normalized spacial score (nSPS) is 60.6. The minimum absolute atomic E-state index is 0.0496. The largest absolute Gasteiger partial charge is 0.432 e. The van der Waals surface area contributed by atoms with Crippen molar-refractivity contribution < 1.29 is 28.2 Å².